The van der Waals surface area contributed by atoms with Gasteiger partial charge in [0, 0.05) is 11.9 Å². The Kier molecular flexibility index (Phi) is 8.98. The fourth-order valence-electron chi connectivity index (χ4n) is 1.19. The number of hydrogen-bond donors (Lipinski definition) is 2. The largest absolute Gasteiger partial charge is 0.392 e. The third-order valence-corrected chi connectivity index (χ3v) is 1.95. The predicted molar refractivity (Wildman–Crippen MR) is 85.1 cm³/mol. The highest BCUT2D eigenvalue weighted by Crippen LogP contribution is 2.20. The first kappa shape index (κ1) is 17.4. The topological polar surface area (TPSA) is 68.2 Å². The van der Waals surface area contributed by atoms with Gasteiger partial charge in [0.05, 0.1) is 6.57 Å². The Morgan fingerprint density at radius 3 is 2.20 bits per heavy atom. The first-order valence-electron chi connectivity index (χ1n) is 6.61. The maximum atomic E-state index is 6.82. The van der Waals surface area contributed by atoms with Crippen LogP contribution in [0.25, 0.3) is 4.85 Å². The highest BCUT2D eigenvalue weighted by molar-refractivity contribution is 5.64. The molecule has 20 heavy (non-hydrogen) atoms. The lowest BCUT2D eigenvalue weighted by molar-refractivity contribution is 1.18. The summed E-state index contributed by atoms with van der Waals surface area (Å²) in [5.74, 6) is 0.569. The number of aromatic nitrogens is 2. The minimum absolute atomic E-state index is 0.184. The molecule has 0 amide bonds. The van der Waals surface area contributed by atoms with Crippen LogP contribution >= 0.6 is 0 Å². The van der Waals surface area contributed by atoms with Gasteiger partial charge >= 0.3 is 0 Å². The van der Waals surface area contributed by atoms with Crippen molar-refractivity contribution in [3.63, 3.8) is 0 Å². The van der Waals surface area contributed by atoms with Crippen molar-refractivity contribution in [3.05, 3.63) is 47.9 Å². The monoisotopic (exact) mass is 271 g/mol. The molecule has 0 saturated carbocycles. The second-order valence-corrected chi connectivity index (χ2v) is 3.07. The number of nitrogen functional groups attached to an aromatic ring is 1. The van der Waals surface area contributed by atoms with E-state index < -0.39 is 0 Å². The number of anilines is 3. The van der Waals surface area contributed by atoms with Crippen LogP contribution in [-0.2, 0) is 0 Å². The zero-order valence-electron chi connectivity index (χ0n) is 12.4. The molecule has 2 rings (SSSR count). The second kappa shape index (κ2) is 10.3. The summed E-state index contributed by atoms with van der Waals surface area (Å²) >= 11 is 0. The van der Waals surface area contributed by atoms with Gasteiger partial charge in [-0.2, -0.15) is 0 Å². The van der Waals surface area contributed by atoms with Crippen LogP contribution in [0.4, 0.5) is 23.1 Å². The van der Waals surface area contributed by atoms with E-state index in [-0.39, 0.29) is 11.5 Å². The smallest absolute Gasteiger partial charge is 0.245 e. The molecule has 0 radical (unpaired) electrons. The van der Waals surface area contributed by atoms with Crippen molar-refractivity contribution in [1.29, 1.82) is 0 Å². The van der Waals surface area contributed by atoms with Crippen molar-refractivity contribution >= 4 is 23.1 Å². The van der Waals surface area contributed by atoms with E-state index >= 15 is 0 Å². The molecule has 5 heteroatoms. The molecule has 0 aliphatic carbocycles. The summed E-state index contributed by atoms with van der Waals surface area (Å²) in [4.78, 5) is 11.2. The van der Waals surface area contributed by atoms with Crippen LogP contribution in [0.2, 0.25) is 0 Å². The van der Waals surface area contributed by atoms with Crippen LogP contribution < -0.4 is 11.1 Å². The summed E-state index contributed by atoms with van der Waals surface area (Å²) < 4.78 is 0. The van der Waals surface area contributed by atoms with Gasteiger partial charge in [-0.25, -0.2) is 14.8 Å². The van der Waals surface area contributed by atoms with E-state index in [1.165, 1.54) is 6.20 Å². The molecule has 0 unspecified atom stereocenters. The minimum Gasteiger partial charge on any atom is -0.392 e. The fourth-order valence-corrected chi connectivity index (χ4v) is 1.19. The van der Waals surface area contributed by atoms with Crippen molar-refractivity contribution in [2.75, 3.05) is 11.1 Å². The third kappa shape index (κ3) is 5.36. The molecule has 106 valence electrons. The van der Waals surface area contributed by atoms with Gasteiger partial charge < -0.3 is 11.1 Å². The standard InChI is InChI=1S/C11H9N5.2C2H6/c1-13-9-7-14-11(16-10(9)12)15-8-5-3-2-4-6-8;2*1-2/h2-7H,(H3,12,14,15,16);2*1-2H3. The lowest BCUT2D eigenvalue weighted by Gasteiger charge is -2.05. The van der Waals surface area contributed by atoms with E-state index in [0.29, 0.717) is 5.95 Å². The quantitative estimate of drug-likeness (QED) is 0.794. The van der Waals surface area contributed by atoms with Gasteiger partial charge in [0.2, 0.25) is 11.6 Å². The van der Waals surface area contributed by atoms with Gasteiger partial charge in [-0.1, -0.05) is 45.9 Å². The van der Waals surface area contributed by atoms with Crippen molar-refractivity contribution in [3.8, 4) is 0 Å². The van der Waals surface area contributed by atoms with E-state index in [1.54, 1.807) is 0 Å². The van der Waals surface area contributed by atoms with Crippen LogP contribution in [-0.4, -0.2) is 9.97 Å². The molecule has 5 nitrogen and oxygen atoms in total. The number of nitrogens with zero attached hydrogens (tertiary/aromatic N) is 3. The molecule has 1 aromatic heterocycles. The highest BCUT2D eigenvalue weighted by atomic mass is 15.1. The summed E-state index contributed by atoms with van der Waals surface area (Å²) in [7, 11) is 0. The molecule has 0 bridgehead atoms. The molecule has 0 aliphatic rings. The van der Waals surface area contributed by atoms with E-state index in [1.807, 2.05) is 58.0 Å². The SMILES string of the molecule is CC.CC.[C-]#[N+]c1cnc(Nc2ccccc2)nc1N. The summed E-state index contributed by atoms with van der Waals surface area (Å²) in [6, 6.07) is 9.51. The molecule has 1 aromatic carbocycles. The first-order valence-corrected chi connectivity index (χ1v) is 6.61. The van der Waals surface area contributed by atoms with Gasteiger partial charge in [0.1, 0.15) is 5.82 Å². The molecule has 2 aromatic rings. The number of nitrogens with one attached hydrogen (secondary N) is 1. The summed E-state index contributed by atoms with van der Waals surface area (Å²) in [5, 5.41) is 2.99. The number of rotatable bonds is 2. The average molecular weight is 271 g/mol. The zero-order chi connectivity index (χ0) is 15.4. The lowest BCUT2D eigenvalue weighted by Crippen LogP contribution is -1.99. The normalized spacial score (nSPS) is 8.15. The van der Waals surface area contributed by atoms with Crippen LogP contribution in [0.15, 0.2) is 36.5 Å². The zero-order valence-corrected chi connectivity index (χ0v) is 12.4. The Morgan fingerprint density at radius 1 is 1.10 bits per heavy atom. The summed E-state index contributed by atoms with van der Waals surface area (Å²) in [6.07, 6.45) is 1.40. The van der Waals surface area contributed by atoms with Gasteiger partial charge in [0.25, 0.3) is 0 Å². The van der Waals surface area contributed by atoms with E-state index in [9.17, 15) is 0 Å². The first-order chi connectivity index (χ1) is 9.79. The molecule has 3 N–H and O–H groups in total. The van der Waals surface area contributed by atoms with Crippen molar-refractivity contribution < 1.29 is 0 Å². The van der Waals surface area contributed by atoms with Crippen LogP contribution in [0.3, 0.4) is 0 Å². The molecule has 0 spiro atoms. The number of para-hydroxylation sites is 1. The second-order valence-electron chi connectivity index (χ2n) is 3.07. The van der Waals surface area contributed by atoms with Gasteiger partial charge in [-0.3, -0.25) is 0 Å². The van der Waals surface area contributed by atoms with Gasteiger partial charge in [-0.05, 0) is 12.1 Å². The average Bonchev–Trinajstić information content (AvgIpc) is 2.52. The highest BCUT2D eigenvalue weighted by Gasteiger charge is 2.03. The molecule has 0 atom stereocenters. The van der Waals surface area contributed by atoms with E-state index in [2.05, 4.69) is 20.1 Å². The Balaban J connectivity index is 0.000000829. The number of benzene rings is 1. The Hall–Kier alpha value is -2.61. The summed E-state index contributed by atoms with van der Waals surface area (Å²) in [6.45, 7) is 14.8. The summed E-state index contributed by atoms with van der Waals surface area (Å²) in [5.41, 5.74) is 6.72. The Bertz CT molecular complexity index is 532. The van der Waals surface area contributed by atoms with Crippen LogP contribution in [0, 0.1) is 6.57 Å². The maximum absolute atomic E-state index is 6.82. The van der Waals surface area contributed by atoms with Crippen molar-refractivity contribution in [2.45, 2.75) is 27.7 Å². The molecule has 1 heterocycles. The van der Waals surface area contributed by atoms with Crippen molar-refractivity contribution in [2.24, 2.45) is 0 Å². The Morgan fingerprint density at radius 2 is 1.70 bits per heavy atom. The van der Waals surface area contributed by atoms with E-state index in [0.717, 1.165) is 5.69 Å². The molecular weight excluding hydrogens is 250 g/mol. The molecule has 0 fully saturated rings. The van der Waals surface area contributed by atoms with E-state index in [4.69, 9.17) is 12.3 Å². The minimum atomic E-state index is 0.184. The maximum Gasteiger partial charge on any atom is 0.245 e. The van der Waals surface area contributed by atoms with Gasteiger partial charge in [-0.15, -0.1) is 0 Å². The number of nitrogens with two attached hydrogens (primary N) is 1. The van der Waals surface area contributed by atoms with Gasteiger partial charge in [0.15, 0.2) is 0 Å². The van der Waals surface area contributed by atoms with Crippen LogP contribution in [0.1, 0.15) is 27.7 Å². The predicted octanol–water partition coefficient (Wildman–Crippen LogP) is 4.41. The molecule has 0 aliphatic heterocycles. The van der Waals surface area contributed by atoms with Crippen LogP contribution in [0.5, 0.6) is 0 Å². The number of hydrogen-bond acceptors (Lipinski definition) is 4. The third-order valence-electron chi connectivity index (χ3n) is 1.95. The Labute approximate surface area is 120 Å². The fraction of sp³-hybridized carbons (Fsp3) is 0.267. The lowest BCUT2D eigenvalue weighted by atomic mass is 10.3. The molecular formula is C15H21N5. The van der Waals surface area contributed by atoms with Crippen molar-refractivity contribution in [1.82, 2.24) is 9.97 Å². The molecule has 0 saturated heterocycles.